The summed E-state index contributed by atoms with van der Waals surface area (Å²) in [5, 5.41) is 2.93. The monoisotopic (exact) mass is 330 g/mol. The van der Waals surface area contributed by atoms with E-state index in [9.17, 15) is 9.59 Å². The number of ether oxygens (including phenoxy) is 1. The Morgan fingerprint density at radius 2 is 1.79 bits per heavy atom. The molecule has 1 saturated heterocycles. The minimum absolute atomic E-state index is 0.0201. The molecule has 0 spiro atoms. The maximum Gasteiger partial charge on any atom is 0.330 e. The van der Waals surface area contributed by atoms with Gasteiger partial charge in [0.05, 0.1) is 13.2 Å². The van der Waals surface area contributed by atoms with Crippen LogP contribution in [0.2, 0.25) is 0 Å². The summed E-state index contributed by atoms with van der Waals surface area (Å²) in [5.41, 5.74) is 1.65. The quantitative estimate of drug-likeness (QED) is 0.643. The Balaban J connectivity index is 1.82. The molecule has 1 aliphatic heterocycles. The molecule has 0 aliphatic carbocycles. The van der Waals surface area contributed by atoms with Gasteiger partial charge in [-0.1, -0.05) is 25.0 Å². The van der Waals surface area contributed by atoms with E-state index in [2.05, 4.69) is 10.2 Å². The zero-order valence-corrected chi connectivity index (χ0v) is 14.3. The molecule has 130 valence electrons. The normalized spacial score (nSPS) is 15.9. The van der Waals surface area contributed by atoms with Gasteiger partial charge in [-0.2, -0.15) is 0 Å². The van der Waals surface area contributed by atoms with Crippen molar-refractivity contribution in [2.24, 2.45) is 0 Å². The molecule has 0 bridgehead atoms. The number of amides is 1. The standard InChI is InChI=1S/C19H26N2O3/c1-2-24-19(23)12-9-16-7-10-17(11-8-16)20-18(22)15-21-13-5-3-4-6-14-21/h7-12H,2-6,13-15H2,1H3,(H,20,22)/b12-9+. The van der Waals surface area contributed by atoms with E-state index in [0.717, 1.165) is 24.3 Å². The molecule has 1 aliphatic rings. The number of rotatable bonds is 6. The lowest BCUT2D eigenvalue weighted by atomic mass is 10.2. The second-order valence-electron chi connectivity index (χ2n) is 5.95. The van der Waals surface area contributed by atoms with Crippen molar-refractivity contribution in [3.63, 3.8) is 0 Å². The van der Waals surface area contributed by atoms with E-state index < -0.39 is 0 Å². The zero-order valence-electron chi connectivity index (χ0n) is 14.3. The number of hydrogen-bond donors (Lipinski definition) is 1. The van der Waals surface area contributed by atoms with E-state index in [1.54, 1.807) is 13.0 Å². The van der Waals surface area contributed by atoms with Crippen LogP contribution in [0.5, 0.6) is 0 Å². The minimum Gasteiger partial charge on any atom is -0.463 e. The molecule has 1 N–H and O–H groups in total. The fourth-order valence-corrected chi connectivity index (χ4v) is 2.73. The van der Waals surface area contributed by atoms with Gasteiger partial charge in [0, 0.05) is 11.8 Å². The molecule has 0 saturated carbocycles. The molecule has 0 radical (unpaired) electrons. The lowest BCUT2D eigenvalue weighted by Gasteiger charge is -2.18. The molecule has 1 heterocycles. The van der Waals surface area contributed by atoms with Crippen LogP contribution in [0.25, 0.3) is 6.08 Å². The maximum absolute atomic E-state index is 12.1. The average Bonchev–Trinajstić information content (AvgIpc) is 2.83. The lowest BCUT2D eigenvalue weighted by Crippen LogP contribution is -2.33. The zero-order chi connectivity index (χ0) is 17.2. The highest BCUT2D eigenvalue weighted by molar-refractivity contribution is 5.92. The van der Waals surface area contributed by atoms with Crippen molar-refractivity contribution in [1.29, 1.82) is 0 Å². The Labute approximate surface area is 143 Å². The largest absolute Gasteiger partial charge is 0.463 e. The van der Waals surface area contributed by atoms with E-state index in [4.69, 9.17) is 4.74 Å². The molecule has 0 aromatic heterocycles. The number of hydrogen-bond acceptors (Lipinski definition) is 4. The molecule has 24 heavy (non-hydrogen) atoms. The molecule has 1 aromatic carbocycles. The summed E-state index contributed by atoms with van der Waals surface area (Å²) in [6.07, 6.45) is 7.97. The number of carbonyl (C=O) groups excluding carboxylic acids is 2. The van der Waals surface area contributed by atoms with Gasteiger partial charge in [0.15, 0.2) is 0 Å². The SMILES string of the molecule is CCOC(=O)/C=C/c1ccc(NC(=O)CN2CCCCCC2)cc1. The summed E-state index contributed by atoms with van der Waals surface area (Å²) in [4.78, 5) is 25.6. The van der Waals surface area contributed by atoms with Gasteiger partial charge in [-0.3, -0.25) is 9.69 Å². The molecule has 1 amide bonds. The second kappa shape index (κ2) is 9.88. The van der Waals surface area contributed by atoms with Crippen LogP contribution in [0.3, 0.4) is 0 Å². The highest BCUT2D eigenvalue weighted by Crippen LogP contribution is 2.12. The number of benzene rings is 1. The number of esters is 1. The Bertz CT molecular complexity index is 558. The lowest BCUT2D eigenvalue weighted by molar-refractivity contribution is -0.137. The Morgan fingerprint density at radius 1 is 1.12 bits per heavy atom. The first-order valence-electron chi connectivity index (χ1n) is 8.64. The van der Waals surface area contributed by atoms with Crippen molar-refractivity contribution in [1.82, 2.24) is 4.90 Å². The highest BCUT2D eigenvalue weighted by atomic mass is 16.5. The van der Waals surface area contributed by atoms with Crippen LogP contribution in [0.1, 0.15) is 38.2 Å². The first-order valence-corrected chi connectivity index (χ1v) is 8.64. The topological polar surface area (TPSA) is 58.6 Å². The number of nitrogens with zero attached hydrogens (tertiary/aromatic N) is 1. The summed E-state index contributed by atoms with van der Waals surface area (Å²) < 4.78 is 4.83. The van der Waals surface area contributed by atoms with Crippen molar-refractivity contribution in [3.05, 3.63) is 35.9 Å². The fourth-order valence-electron chi connectivity index (χ4n) is 2.73. The Kier molecular flexibility index (Phi) is 7.49. The first kappa shape index (κ1) is 18.2. The average molecular weight is 330 g/mol. The van der Waals surface area contributed by atoms with Crippen molar-refractivity contribution in [3.8, 4) is 0 Å². The van der Waals surface area contributed by atoms with Gasteiger partial charge in [0.2, 0.25) is 5.91 Å². The maximum atomic E-state index is 12.1. The van der Waals surface area contributed by atoms with Crippen LogP contribution in [-0.2, 0) is 14.3 Å². The second-order valence-corrected chi connectivity index (χ2v) is 5.95. The van der Waals surface area contributed by atoms with Gasteiger partial charge < -0.3 is 10.1 Å². The van der Waals surface area contributed by atoms with Crippen molar-refractivity contribution < 1.29 is 14.3 Å². The van der Waals surface area contributed by atoms with E-state index >= 15 is 0 Å². The van der Waals surface area contributed by atoms with Crippen LogP contribution >= 0.6 is 0 Å². The van der Waals surface area contributed by atoms with Crippen LogP contribution in [0.4, 0.5) is 5.69 Å². The van der Waals surface area contributed by atoms with Crippen LogP contribution in [0.15, 0.2) is 30.3 Å². The predicted octanol–water partition coefficient (Wildman–Crippen LogP) is 3.08. The Hall–Kier alpha value is -2.14. The molecule has 1 aromatic rings. The van der Waals surface area contributed by atoms with Crippen molar-refractivity contribution >= 4 is 23.6 Å². The third-order valence-corrected chi connectivity index (χ3v) is 3.96. The molecular weight excluding hydrogens is 304 g/mol. The third-order valence-electron chi connectivity index (χ3n) is 3.96. The van der Waals surface area contributed by atoms with Gasteiger partial charge in [0.25, 0.3) is 0 Å². The summed E-state index contributed by atoms with van der Waals surface area (Å²) in [6, 6.07) is 7.39. The molecule has 5 nitrogen and oxygen atoms in total. The van der Waals surface area contributed by atoms with Gasteiger partial charge in [-0.25, -0.2) is 4.79 Å². The molecule has 1 fully saturated rings. The smallest absolute Gasteiger partial charge is 0.330 e. The van der Waals surface area contributed by atoms with Crippen molar-refractivity contribution in [2.45, 2.75) is 32.6 Å². The third kappa shape index (κ3) is 6.54. The fraction of sp³-hybridized carbons (Fsp3) is 0.474. The van der Waals surface area contributed by atoms with Gasteiger partial charge in [0.1, 0.15) is 0 Å². The number of nitrogens with one attached hydrogen (secondary N) is 1. The predicted molar refractivity (Wildman–Crippen MR) is 95.6 cm³/mol. The number of anilines is 1. The van der Waals surface area contributed by atoms with E-state index in [0.29, 0.717) is 13.2 Å². The van der Waals surface area contributed by atoms with E-state index in [1.165, 1.54) is 31.8 Å². The van der Waals surface area contributed by atoms with Gasteiger partial charge in [-0.15, -0.1) is 0 Å². The molecule has 0 atom stereocenters. The summed E-state index contributed by atoms with van der Waals surface area (Å²) >= 11 is 0. The van der Waals surface area contributed by atoms with E-state index in [1.807, 2.05) is 24.3 Å². The minimum atomic E-state index is -0.354. The van der Waals surface area contributed by atoms with Gasteiger partial charge in [-0.05, 0) is 56.6 Å². The molecule has 2 rings (SSSR count). The summed E-state index contributed by atoms with van der Waals surface area (Å²) in [6.45, 7) is 4.60. The van der Waals surface area contributed by atoms with Crippen LogP contribution < -0.4 is 5.32 Å². The first-order chi connectivity index (χ1) is 11.7. The summed E-state index contributed by atoms with van der Waals surface area (Å²) in [7, 11) is 0. The Morgan fingerprint density at radius 3 is 2.42 bits per heavy atom. The molecular formula is C19H26N2O3. The van der Waals surface area contributed by atoms with Crippen LogP contribution in [-0.4, -0.2) is 43.0 Å². The van der Waals surface area contributed by atoms with E-state index in [-0.39, 0.29) is 11.9 Å². The molecule has 0 unspecified atom stereocenters. The van der Waals surface area contributed by atoms with Crippen molar-refractivity contribution in [2.75, 3.05) is 31.6 Å². The molecule has 5 heteroatoms. The van der Waals surface area contributed by atoms with Gasteiger partial charge >= 0.3 is 5.97 Å². The number of carbonyl (C=O) groups is 2. The summed E-state index contributed by atoms with van der Waals surface area (Å²) in [5.74, 6) is -0.334. The highest BCUT2D eigenvalue weighted by Gasteiger charge is 2.12. The van der Waals surface area contributed by atoms with Crippen LogP contribution in [0, 0.1) is 0 Å². The number of likely N-dealkylation sites (tertiary alicyclic amines) is 1.